The fraction of sp³-hybridized carbons (Fsp3) is 0.353. The van der Waals surface area contributed by atoms with Crippen molar-refractivity contribution >= 4 is 41.5 Å². The summed E-state index contributed by atoms with van der Waals surface area (Å²) in [4.78, 5) is 7.62. The molecule has 1 aliphatic rings. The molecule has 2 aromatic rings. The Labute approximate surface area is 157 Å². The zero-order valence-electron chi connectivity index (χ0n) is 13.2. The number of anilines is 1. The van der Waals surface area contributed by atoms with Crippen molar-refractivity contribution in [2.75, 3.05) is 18.0 Å². The lowest BCUT2D eigenvalue weighted by Crippen LogP contribution is -2.18. The quantitative estimate of drug-likeness (QED) is 0.817. The van der Waals surface area contributed by atoms with Crippen LogP contribution in [0.3, 0.4) is 0 Å². The van der Waals surface area contributed by atoms with E-state index in [4.69, 9.17) is 17.3 Å². The van der Waals surface area contributed by atoms with Gasteiger partial charge in [-0.25, -0.2) is 4.98 Å². The van der Waals surface area contributed by atoms with Crippen LogP contribution in [0, 0.1) is 0 Å². The lowest BCUT2D eigenvalue weighted by Gasteiger charge is -2.21. The summed E-state index contributed by atoms with van der Waals surface area (Å²) in [7, 11) is 0. The van der Waals surface area contributed by atoms with E-state index in [1.807, 2.05) is 18.2 Å². The molecular weight excluding hydrogens is 365 g/mol. The predicted molar refractivity (Wildman–Crippen MR) is 102 cm³/mol. The van der Waals surface area contributed by atoms with Gasteiger partial charge in [0.2, 0.25) is 0 Å². The van der Waals surface area contributed by atoms with Gasteiger partial charge in [0, 0.05) is 42.0 Å². The first-order valence-corrected chi connectivity index (χ1v) is 8.92. The summed E-state index contributed by atoms with van der Waals surface area (Å²) in [5.41, 5.74) is 8.90. The zero-order chi connectivity index (χ0) is 16.2. The minimum absolute atomic E-state index is 0. The number of hydrogen-bond acceptors (Lipinski definition) is 5. The summed E-state index contributed by atoms with van der Waals surface area (Å²) < 4.78 is 0. The molecule has 4 nitrogen and oxygen atoms in total. The predicted octanol–water partition coefficient (Wildman–Crippen LogP) is 3.86. The van der Waals surface area contributed by atoms with Crippen LogP contribution in [0.25, 0.3) is 0 Å². The highest BCUT2D eigenvalue weighted by Gasteiger charge is 2.18. The first-order valence-electron chi connectivity index (χ1n) is 7.73. The van der Waals surface area contributed by atoms with Gasteiger partial charge in [0.15, 0.2) is 0 Å². The molecule has 1 fully saturated rings. The van der Waals surface area contributed by atoms with Crippen molar-refractivity contribution in [1.29, 1.82) is 0 Å². The highest BCUT2D eigenvalue weighted by atomic mass is 35.5. The van der Waals surface area contributed by atoms with Crippen LogP contribution in [0.5, 0.6) is 0 Å². The Morgan fingerprint density at radius 3 is 2.67 bits per heavy atom. The molecule has 2 heterocycles. The van der Waals surface area contributed by atoms with Crippen molar-refractivity contribution in [3.63, 3.8) is 0 Å². The van der Waals surface area contributed by atoms with E-state index in [9.17, 15) is 5.11 Å². The van der Waals surface area contributed by atoms with E-state index in [0.717, 1.165) is 39.8 Å². The number of benzene rings is 1. The number of rotatable bonds is 5. The number of nitrogens with zero attached hydrogens (tertiary/aromatic N) is 2. The van der Waals surface area contributed by atoms with Crippen LogP contribution in [0.4, 0.5) is 5.69 Å². The number of halogens is 2. The van der Waals surface area contributed by atoms with Crippen molar-refractivity contribution in [2.24, 2.45) is 5.73 Å². The van der Waals surface area contributed by atoms with Crippen molar-refractivity contribution in [3.05, 3.63) is 46.6 Å². The van der Waals surface area contributed by atoms with Crippen molar-refractivity contribution < 1.29 is 5.11 Å². The van der Waals surface area contributed by atoms with Crippen molar-refractivity contribution in [2.45, 2.75) is 35.9 Å². The number of aromatic nitrogens is 1. The molecule has 0 unspecified atom stereocenters. The van der Waals surface area contributed by atoms with Crippen LogP contribution < -0.4 is 10.6 Å². The molecule has 1 aromatic carbocycles. The molecule has 1 aromatic heterocycles. The number of aliphatic hydroxyl groups is 1. The molecule has 130 valence electrons. The van der Waals surface area contributed by atoms with Crippen LogP contribution in [-0.4, -0.2) is 23.2 Å². The largest absolute Gasteiger partial charge is 0.392 e. The van der Waals surface area contributed by atoms with E-state index < -0.39 is 0 Å². The summed E-state index contributed by atoms with van der Waals surface area (Å²) in [6, 6.07) is 7.82. The molecule has 7 heteroatoms. The molecule has 1 aliphatic heterocycles. The fourth-order valence-corrected chi connectivity index (χ4v) is 4.14. The minimum atomic E-state index is -0.0440. The average Bonchev–Trinajstić information content (AvgIpc) is 3.11. The number of aliphatic hydroxyl groups excluding tert-OH is 1. The maximum Gasteiger partial charge on any atom is 0.106 e. The highest BCUT2D eigenvalue weighted by Crippen LogP contribution is 2.39. The van der Waals surface area contributed by atoms with E-state index in [-0.39, 0.29) is 19.0 Å². The molecule has 0 atom stereocenters. The summed E-state index contributed by atoms with van der Waals surface area (Å²) in [6.45, 7) is 2.52. The molecule has 0 radical (unpaired) electrons. The smallest absolute Gasteiger partial charge is 0.106 e. The monoisotopic (exact) mass is 385 g/mol. The topological polar surface area (TPSA) is 62.4 Å². The Hall–Kier alpha value is -0.980. The third kappa shape index (κ3) is 4.16. The molecule has 0 aliphatic carbocycles. The second-order valence-corrected chi connectivity index (χ2v) is 6.95. The molecule has 0 amide bonds. The lowest BCUT2D eigenvalue weighted by molar-refractivity contribution is 0.278. The Kier molecular flexibility index (Phi) is 7.19. The molecule has 3 rings (SSSR count). The Morgan fingerprint density at radius 1 is 1.25 bits per heavy atom. The number of hydrogen-bond donors (Lipinski definition) is 2. The SMILES string of the molecule is Cl.NCc1cc(N2CCCC2)cc(Cl)c1Sc1ncccc1CO. The second kappa shape index (κ2) is 8.92. The van der Waals surface area contributed by atoms with Gasteiger partial charge in [-0.2, -0.15) is 0 Å². The van der Waals surface area contributed by atoms with Crippen molar-refractivity contribution in [1.82, 2.24) is 4.98 Å². The minimum Gasteiger partial charge on any atom is -0.392 e. The van der Waals surface area contributed by atoms with Gasteiger partial charge < -0.3 is 15.7 Å². The molecule has 1 saturated heterocycles. The third-order valence-electron chi connectivity index (χ3n) is 4.02. The Balaban J connectivity index is 0.00000208. The number of pyridine rings is 1. The van der Waals surface area contributed by atoms with Crippen LogP contribution >= 0.6 is 35.8 Å². The van der Waals surface area contributed by atoms with Gasteiger partial charge in [0.1, 0.15) is 5.03 Å². The summed E-state index contributed by atoms with van der Waals surface area (Å²) in [5, 5.41) is 10.9. The molecule has 0 spiro atoms. The molecule has 3 N–H and O–H groups in total. The molecule has 0 saturated carbocycles. The fourth-order valence-electron chi connectivity index (χ4n) is 2.79. The van der Waals surface area contributed by atoms with Gasteiger partial charge in [-0.1, -0.05) is 29.4 Å². The summed E-state index contributed by atoms with van der Waals surface area (Å²) in [6.07, 6.45) is 4.16. The number of nitrogens with two attached hydrogens (primary N) is 1. The van der Waals surface area contributed by atoms with Gasteiger partial charge in [0.05, 0.1) is 11.6 Å². The first kappa shape index (κ1) is 19.3. The third-order valence-corrected chi connectivity index (χ3v) is 5.67. The van der Waals surface area contributed by atoms with Crippen molar-refractivity contribution in [3.8, 4) is 0 Å². The van der Waals surface area contributed by atoms with E-state index in [0.29, 0.717) is 11.6 Å². The van der Waals surface area contributed by atoms with E-state index >= 15 is 0 Å². The summed E-state index contributed by atoms with van der Waals surface area (Å²) >= 11 is 8.01. The Morgan fingerprint density at radius 2 is 2.00 bits per heavy atom. The van der Waals surface area contributed by atoms with Gasteiger partial charge in [0.25, 0.3) is 0 Å². The molecule has 0 bridgehead atoms. The standard InChI is InChI=1S/C17H20ClN3OS.ClH/c18-15-9-14(21-6-1-2-7-21)8-13(10-19)16(15)23-17-12(11-22)4-3-5-20-17;/h3-5,8-9,22H,1-2,6-7,10-11,19H2;1H. The van der Waals surface area contributed by atoms with E-state index in [1.54, 1.807) is 6.20 Å². The maximum absolute atomic E-state index is 9.46. The molecular formula is C17H21Cl2N3OS. The van der Waals surface area contributed by atoms with Gasteiger partial charge in [-0.05, 0) is 36.6 Å². The van der Waals surface area contributed by atoms with E-state index in [2.05, 4.69) is 16.0 Å². The van der Waals surface area contributed by atoms with Crippen LogP contribution in [0.2, 0.25) is 5.02 Å². The van der Waals surface area contributed by atoms with Gasteiger partial charge in [-0.3, -0.25) is 0 Å². The average molecular weight is 386 g/mol. The van der Waals surface area contributed by atoms with Crippen LogP contribution in [0.15, 0.2) is 40.4 Å². The van der Waals surface area contributed by atoms with Crippen LogP contribution in [-0.2, 0) is 13.2 Å². The molecule has 24 heavy (non-hydrogen) atoms. The lowest BCUT2D eigenvalue weighted by atomic mass is 10.2. The second-order valence-electron chi connectivity index (χ2n) is 5.54. The summed E-state index contributed by atoms with van der Waals surface area (Å²) in [5.74, 6) is 0. The van der Waals surface area contributed by atoms with Gasteiger partial charge >= 0.3 is 0 Å². The highest BCUT2D eigenvalue weighted by molar-refractivity contribution is 7.99. The maximum atomic E-state index is 9.46. The van der Waals surface area contributed by atoms with E-state index in [1.165, 1.54) is 24.6 Å². The van der Waals surface area contributed by atoms with Crippen LogP contribution in [0.1, 0.15) is 24.0 Å². The van der Waals surface area contributed by atoms with Gasteiger partial charge in [-0.15, -0.1) is 12.4 Å². The first-order chi connectivity index (χ1) is 11.2. The Bertz CT molecular complexity index is 694. The zero-order valence-corrected chi connectivity index (χ0v) is 15.6. The normalized spacial score (nSPS) is 13.9.